The van der Waals surface area contributed by atoms with Crippen molar-refractivity contribution < 1.29 is 13.2 Å². The first-order chi connectivity index (χ1) is 12.3. The van der Waals surface area contributed by atoms with Crippen LogP contribution in [-0.4, -0.2) is 20.4 Å². The number of hydrogen-bond donors (Lipinski definition) is 2. The molecule has 1 saturated carbocycles. The maximum atomic E-state index is 12.6. The molecule has 0 aromatic heterocycles. The van der Waals surface area contributed by atoms with E-state index in [9.17, 15) is 13.2 Å². The van der Waals surface area contributed by atoms with Gasteiger partial charge in [0.25, 0.3) is 5.91 Å². The van der Waals surface area contributed by atoms with Crippen LogP contribution in [0, 0.1) is 0 Å². The van der Waals surface area contributed by atoms with Crippen molar-refractivity contribution in [1.29, 1.82) is 0 Å². The summed E-state index contributed by atoms with van der Waals surface area (Å²) in [5.74, 6) is -0.0435. The first kappa shape index (κ1) is 18.9. The number of anilines is 1. The third-order valence-electron chi connectivity index (χ3n) is 4.19. The molecule has 3 rings (SSSR count). The summed E-state index contributed by atoms with van der Waals surface area (Å²) in [6.07, 6.45) is 1.65. The SMILES string of the molecule is CC(C)c1cccc(NC(=O)c2ccc(Cl)c(S(=O)(=O)NC3CC3)c2)c1. The van der Waals surface area contributed by atoms with Gasteiger partial charge in [0.15, 0.2) is 0 Å². The summed E-state index contributed by atoms with van der Waals surface area (Å²) in [4.78, 5) is 12.5. The van der Waals surface area contributed by atoms with E-state index in [1.807, 2.05) is 18.2 Å². The summed E-state index contributed by atoms with van der Waals surface area (Å²) in [5.41, 5.74) is 2.01. The second kappa shape index (κ2) is 7.39. The highest BCUT2D eigenvalue weighted by Gasteiger charge is 2.29. The van der Waals surface area contributed by atoms with E-state index in [2.05, 4.69) is 23.9 Å². The Morgan fingerprint density at radius 2 is 1.88 bits per heavy atom. The normalized spacial score (nSPS) is 14.5. The molecule has 26 heavy (non-hydrogen) atoms. The minimum atomic E-state index is -3.74. The fourth-order valence-corrected chi connectivity index (χ4v) is 4.34. The number of rotatable bonds is 6. The molecule has 0 spiro atoms. The molecule has 0 saturated heterocycles. The highest BCUT2D eigenvalue weighted by Crippen LogP contribution is 2.27. The van der Waals surface area contributed by atoms with Crippen molar-refractivity contribution in [2.45, 2.75) is 43.5 Å². The zero-order valence-corrected chi connectivity index (χ0v) is 16.2. The molecule has 1 aliphatic carbocycles. The second-order valence-electron chi connectivity index (χ2n) is 6.78. The molecule has 2 aromatic rings. The number of carbonyl (C=O) groups is 1. The molecule has 0 atom stereocenters. The number of nitrogens with one attached hydrogen (secondary N) is 2. The fourth-order valence-electron chi connectivity index (χ4n) is 2.51. The minimum Gasteiger partial charge on any atom is -0.322 e. The van der Waals surface area contributed by atoms with Crippen LogP contribution >= 0.6 is 11.6 Å². The summed E-state index contributed by atoms with van der Waals surface area (Å²) < 4.78 is 27.4. The molecule has 5 nitrogen and oxygen atoms in total. The van der Waals surface area contributed by atoms with E-state index < -0.39 is 10.0 Å². The van der Waals surface area contributed by atoms with Gasteiger partial charge in [-0.1, -0.05) is 37.6 Å². The van der Waals surface area contributed by atoms with Crippen LogP contribution in [0.5, 0.6) is 0 Å². The Kier molecular flexibility index (Phi) is 5.37. The van der Waals surface area contributed by atoms with Crippen LogP contribution < -0.4 is 10.0 Å². The van der Waals surface area contributed by atoms with Crippen molar-refractivity contribution in [2.75, 3.05) is 5.32 Å². The van der Waals surface area contributed by atoms with Gasteiger partial charge in [-0.3, -0.25) is 4.79 Å². The van der Waals surface area contributed by atoms with E-state index in [4.69, 9.17) is 11.6 Å². The Morgan fingerprint density at radius 1 is 1.15 bits per heavy atom. The number of halogens is 1. The zero-order chi connectivity index (χ0) is 18.9. The Morgan fingerprint density at radius 3 is 2.54 bits per heavy atom. The van der Waals surface area contributed by atoms with E-state index >= 15 is 0 Å². The number of amides is 1. The molecule has 7 heteroatoms. The predicted octanol–water partition coefficient (Wildman–Crippen LogP) is 4.16. The van der Waals surface area contributed by atoms with E-state index in [0.717, 1.165) is 18.4 Å². The van der Waals surface area contributed by atoms with Crippen LogP contribution in [0.2, 0.25) is 5.02 Å². The molecule has 1 amide bonds. The van der Waals surface area contributed by atoms with Crippen molar-refractivity contribution in [3.05, 3.63) is 58.6 Å². The van der Waals surface area contributed by atoms with Gasteiger partial charge in [0.05, 0.1) is 5.02 Å². The van der Waals surface area contributed by atoms with Gasteiger partial charge < -0.3 is 5.32 Å². The number of benzene rings is 2. The highest BCUT2D eigenvalue weighted by atomic mass is 35.5. The lowest BCUT2D eigenvalue weighted by Crippen LogP contribution is -2.26. The van der Waals surface area contributed by atoms with E-state index in [0.29, 0.717) is 11.6 Å². The third-order valence-corrected chi connectivity index (χ3v) is 6.20. The summed E-state index contributed by atoms with van der Waals surface area (Å²) in [6.45, 7) is 4.15. The molecule has 0 unspecified atom stereocenters. The lowest BCUT2D eigenvalue weighted by molar-refractivity contribution is 0.102. The standard InChI is InChI=1S/C19H21ClN2O3S/c1-12(2)13-4-3-5-16(10-13)21-19(23)14-6-9-17(20)18(11-14)26(24,25)22-15-7-8-15/h3-6,9-12,15,22H,7-8H2,1-2H3,(H,21,23). The molecular formula is C19H21ClN2O3S. The molecule has 138 valence electrons. The highest BCUT2D eigenvalue weighted by molar-refractivity contribution is 7.89. The van der Waals surface area contributed by atoms with E-state index in [-0.39, 0.29) is 27.4 Å². The summed E-state index contributed by atoms with van der Waals surface area (Å²) in [6, 6.07) is 11.8. The van der Waals surface area contributed by atoms with Crippen LogP contribution in [0.1, 0.15) is 48.5 Å². The van der Waals surface area contributed by atoms with E-state index in [1.165, 1.54) is 18.2 Å². The van der Waals surface area contributed by atoms with Crippen LogP contribution in [-0.2, 0) is 10.0 Å². The van der Waals surface area contributed by atoms with Gasteiger partial charge in [-0.2, -0.15) is 0 Å². The Labute approximate surface area is 158 Å². The van der Waals surface area contributed by atoms with Crippen LogP contribution in [0.15, 0.2) is 47.4 Å². The molecule has 0 heterocycles. The first-order valence-electron chi connectivity index (χ1n) is 8.49. The Hall–Kier alpha value is -1.89. The summed E-state index contributed by atoms with van der Waals surface area (Å²) in [7, 11) is -3.74. The predicted molar refractivity (Wildman–Crippen MR) is 103 cm³/mol. The lowest BCUT2D eigenvalue weighted by Gasteiger charge is -2.11. The lowest BCUT2D eigenvalue weighted by atomic mass is 10.0. The second-order valence-corrected chi connectivity index (χ2v) is 8.86. The molecule has 2 aromatic carbocycles. The third kappa shape index (κ3) is 4.44. The monoisotopic (exact) mass is 392 g/mol. The van der Waals surface area contributed by atoms with Crippen LogP contribution in [0.4, 0.5) is 5.69 Å². The first-order valence-corrected chi connectivity index (χ1v) is 10.4. The minimum absolute atomic E-state index is 0.0349. The topological polar surface area (TPSA) is 75.3 Å². The summed E-state index contributed by atoms with van der Waals surface area (Å²) >= 11 is 6.05. The molecule has 1 aliphatic rings. The number of sulfonamides is 1. The van der Waals surface area contributed by atoms with Gasteiger partial charge in [-0.05, 0) is 54.7 Å². The van der Waals surface area contributed by atoms with Gasteiger partial charge >= 0.3 is 0 Å². The van der Waals surface area contributed by atoms with Gasteiger partial charge in [0, 0.05) is 17.3 Å². The maximum Gasteiger partial charge on any atom is 0.255 e. The average Bonchev–Trinajstić information content (AvgIpc) is 3.38. The van der Waals surface area contributed by atoms with Gasteiger partial charge in [-0.25, -0.2) is 13.1 Å². The molecule has 1 fully saturated rings. The maximum absolute atomic E-state index is 12.6. The molecule has 0 aliphatic heterocycles. The van der Waals surface area contributed by atoms with Crippen molar-refractivity contribution in [3.63, 3.8) is 0 Å². The molecule has 2 N–H and O–H groups in total. The van der Waals surface area contributed by atoms with Crippen molar-refractivity contribution in [2.24, 2.45) is 0 Å². The molecular weight excluding hydrogens is 372 g/mol. The number of hydrogen-bond acceptors (Lipinski definition) is 3. The Balaban J connectivity index is 1.84. The van der Waals surface area contributed by atoms with Crippen molar-refractivity contribution >= 4 is 33.2 Å². The zero-order valence-electron chi connectivity index (χ0n) is 14.6. The van der Waals surface area contributed by atoms with Crippen molar-refractivity contribution in [1.82, 2.24) is 4.72 Å². The number of carbonyl (C=O) groups excluding carboxylic acids is 1. The largest absolute Gasteiger partial charge is 0.322 e. The van der Waals surface area contributed by atoms with E-state index in [1.54, 1.807) is 6.07 Å². The van der Waals surface area contributed by atoms with Gasteiger partial charge in [-0.15, -0.1) is 0 Å². The summed E-state index contributed by atoms with van der Waals surface area (Å²) in [5, 5.41) is 2.90. The molecule has 0 bridgehead atoms. The fraction of sp³-hybridized carbons (Fsp3) is 0.316. The smallest absolute Gasteiger partial charge is 0.255 e. The molecule has 0 radical (unpaired) electrons. The Bertz CT molecular complexity index is 938. The average molecular weight is 393 g/mol. The quantitative estimate of drug-likeness (QED) is 0.775. The van der Waals surface area contributed by atoms with Crippen molar-refractivity contribution in [3.8, 4) is 0 Å². The van der Waals surface area contributed by atoms with Gasteiger partial charge in [0.2, 0.25) is 10.0 Å². The van der Waals surface area contributed by atoms with Crippen LogP contribution in [0.3, 0.4) is 0 Å². The van der Waals surface area contributed by atoms with Gasteiger partial charge in [0.1, 0.15) is 4.90 Å². The van der Waals surface area contributed by atoms with Crippen LogP contribution in [0.25, 0.3) is 0 Å².